The Labute approximate surface area is 201 Å². The van der Waals surface area contributed by atoms with Crippen LogP contribution in [-0.4, -0.2) is 72.7 Å². The van der Waals surface area contributed by atoms with Crippen molar-refractivity contribution in [3.05, 3.63) is 41.6 Å². The number of anilines is 1. The van der Waals surface area contributed by atoms with Crippen LogP contribution in [0.5, 0.6) is 5.75 Å². The van der Waals surface area contributed by atoms with Gasteiger partial charge >= 0.3 is 0 Å². The summed E-state index contributed by atoms with van der Waals surface area (Å²) in [5.41, 5.74) is 16.7. The highest BCUT2D eigenvalue weighted by atomic mass is 16.5. The summed E-state index contributed by atoms with van der Waals surface area (Å²) in [6.07, 6.45) is 3.12. The number of piperazine rings is 1. The number of nitrogens with two attached hydrogens (primary N) is 2. The molecule has 0 spiro atoms. The van der Waals surface area contributed by atoms with Crippen molar-refractivity contribution >= 4 is 38.4 Å². The maximum Gasteiger partial charge on any atom is 0.131 e. The van der Waals surface area contributed by atoms with Crippen molar-refractivity contribution in [2.75, 3.05) is 58.7 Å². The summed E-state index contributed by atoms with van der Waals surface area (Å²) in [5.74, 6) is 1.47. The molecule has 1 saturated heterocycles. The number of aromatic amines is 1. The predicted octanol–water partition coefficient (Wildman–Crippen LogP) is 3.67. The zero-order valence-corrected chi connectivity index (χ0v) is 20.4. The van der Waals surface area contributed by atoms with Gasteiger partial charge in [-0.15, -0.1) is 0 Å². The molecule has 5 rings (SSSR count). The molecule has 1 aliphatic heterocycles. The van der Waals surface area contributed by atoms with Gasteiger partial charge in [0.1, 0.15) is 11.6 Å². The van der Waals surface area contributed by atoms with Gasteiger partial charge in [-0.1, -0.05) is 0 Å². The first-order valence-electron chi connectivity index (χ1n) is 12.4. The van der Waals surface area contributed by atoms with E-state index in [1.54, 1.807) is 7.11 Å². The predicted molar refractivity (Wildman–Crippen MR) is 142 cm³/mol. The molecule has 0 atom stereocenters. The van der Waals surface area contributed by atoms with Gasteiger partial charge in [-0.2, -0.15) is 0 Å². The second kappa shape index (κ2) is 9.78. The molecule has 2 aromatic heterocycles. The fourth-order valence-electron chi connectivity index (χ4n) is 5.30. The SMILES string of the molecule is COc1ccc2[nH]c3c(C)c4cc(CCCN5CCN(CCCN)CC5)nc(N)c4cc3c2c1. The van der Waals surface area contributed by atoms with E-state index in [4.69, 9.17) is 21.2 Å². The number of nitrogens with one attached hydrogen (secondary N) is 1. The molecule has 7 heteroatoms. The van der Waals surface area contributed by atoms with Gasteiger partial charge in [-0.3, -0.25) is 0 Å². The Kier molecular flexibility index (Phi) is 6.59. The van der Waals surface area contributed by atoms with Crippen LogP contribution in [0.3, 0.4) is 0 Å². The lowest BCUT2D eigenvalue weighted by molar-refractivity contribution is 0.131. The minimum Gasteiger partial charge on any atom is -0.497 e. The topological polar surface area (TPSA) is 96.4 Å². The molecule has 5 N–H and O–H groups in total. The van der Waals surface area contributed by atoms with E-state index in [9.17, 15) is 0 Å². The molecule has 2 aromatic carbocycles. The van der Waals surface area contributed by atoms with Crippen LogP contribution in [0, 0.1) is 6.92 Å². The first kappa shape index (κ1) is 22.9. The van der Waals surface area contributed by atoms with Crippen LogP contribution in [-0.2, 0) is 6.42 Å². The number of hydrogen-bond acceptors (Lipinski definition) is 6. The summed E-state index contributed by atoms with van der Waals surface area (Å²) in [7, 11) is 1.70. The molecule has 0 bridgehead atoms. The molecule has 1 aliphatic rings. The quantitative estimate of drug-likeness (QED) is 0.371. The molecule has 34 heavy (non-hydrogen) atoms. The first-order valence-corrected chi connectivity index (χ1v) is 12.4. The summed E-state index contributed by atoms with van der Waals surface area (Å²) in [6.45, 7) is 9.75. The minimum absolute atomic E-state index is 0.614. The van der Waals surface area contributed by atoms with Crippen LogP contribution in [0.25, 0.3) is 32.6 Å². The van der Waals surface area contributed by atoms with Gasteiger partial charge in [0, 0.05) is 53.5 Å². The van der Waals surface area contributed by atoms with Crippen LogP contribution in [0.1, 0.15) is 24.1 Å². The summed E-state index contributed by atoms with van der Waals surface area (Å²) in [6, 6.07) is 10.5. The van der Waals surface area contributed by atoms with Crippen LogP contribution in [0.4, 0.5) is 5.82 Å². The molecule has 0 saturated carbocycles. The molecule has 180 valence electrons. The molecule has 0 unspecified atom stereocenters. The Balaban J connectivity index is 1.33. The van der Waals surface area contributed by atoms with Crippen LogP contribution < -0.4 is 16.2 Å². The number of benzene rings is 2. The fraction of sp³-hybridized carbons (Fsp3) is 0.444. The number of nitrogen functional groups attached to an aromatic ring is 1. The lowest BCUT2D eigenvalue weighted by atomic mass is 10.00. The van der Waals surface area contributed by atoms with Crippen molar-refractivity contribution in [1.82, 2.24) is 19.8 Å². The Hall–Kier alpha value is -2.87. The lowest BCUT2D eigenvalue weighted by Gasteiger charge is -2.34. The van der Waals surface area contributed by atoms with E-state index in [1.165, 1.54) is 10.9 Å². The van der Waals surface area contributed by atoms with Crippen molar-refractivity contribution in [1.29, 1.82) is 0 Å². The largest absolute Gasteiger partial charge is 0.497 e. The first-order chi connectivity index (χ1) is 16.6. The monoisotopic (exact) mass is 460 g/mol. The van der Waals surface area contributed by atoms with E-state index in [1.807, 2.05) is 6.07 Å². The number of pyridine rings is 1. The van der Waals surface area contributed by atoms with Gasteiger partial charge in [0.15, 0.2) is 0 Å². The third-order valence-electron chi connectivity index (χ3n) is 7.31. The van der Waals surface area contributed by atoms with Crippen LogP contribution in [0.2, 0.25) is 0 Å². The van der Waals surface area contributed by atoms with Crippen molar-refractivity contribution in [3.8, 4) is 5.75 Å². The number of nitrogens with zero attached hydrogens (tertiary/aromatic N) is 3. The normalized spacial score (nSPS) is 15.6. The highest BCUT2D eigenvalue weighted by molar-refractivity contribution is 6.15. The average molecular weight is 461 g/mol. The number of rotatable bonds is 8. The standard InChI is InChI=1S/C27H36N6O/c1-18-21-15-19(5-3-9-32-11-13-33(14-12-32)10-4-8-28)30-27(29)24(21)17-23-22-16-20(34-2)6-7-25(22)31-26(18)23/h6-7,15-17,31H,3-5,8-14,28H2,1-2H3,(H2,29,30). The highest BCUT2D eigenvalue weighted by Crippen LogP contribution is 2.36. The van der Waals surface area contributed by atoms with Gasteiger partial charge in [0.25, 0.3) is 0 Å². The third-order valence-corrected chi connectivity index (χ3v) is 7.31. The summed E-state index contributed by atoms with van der Waals surface area (Å²) in [4.78, 5) is 13.5. The Morgan fingerprint density at radius 1 is 0.941 bits per heavy atom. The maximum absolute atomic E-state index is 6.48. The molecule has 3 heterocycles. The van der Waals surface area contributed by atoms with Gasteiger partial charge in [-0.25, -0.2) is 4.98 Å². The molecule has 0 amide bonds. The van der Waals surface area contributed by atoms with E-state index in [0.29, 0.717) is 5.82 Å². The lowest BCUT2D eigenvalue weighted by Crippen LogP contribution is -2.47. The van der Waals surface area contributed by atoms with Crippen LogP contribution >= 0.6 is 0 Å². The molecular weight excluding hydrogens is 424 g/mol. The summed E-state index contributed by atoms with van der Waals surface area (Å²) < 4.78 is 5.44. The van der Waals surface area contributed by atoms with E-state index in [0.717, 1.165) is 104 Å². The summed E-state index contributed by atoms with van der Waals surface area (Å²) >= 11 is 0. The molecule has 0 radical (unpaired) electrons. The van der Waals surface area contributed by atoms with Gasteiger partial charge in [0.05, 0.1) is 12.6 Å². The van der Waals surface area contributed by atoms with E-state index >= 15 is 0 Å². The zero-order chi connectivity index (χ0) is 23.7. The highest BCUT2D eigenvalue weighted by Gasteiger charge is 2.17. The number of fused-ring (bicyclic) bond motifs is 4. The maximum atomic E-state index is 6.48. The number of methoxy groups -OCH3 is 1. The number of aryl methyl sites for hydroxylation is 2. The molecule has 0 aliphatic carbocycles. The minimum atomic E-state index is 0.614. The van der Waals surface area contributed by atoms with Crippen LogP contribution in [0.15, 0.2) is 30.3 Å². The number of hydrogen-bond donors (Lipinski definition) is 3. The van der Waals surface area contributed by atoms with Crippen molar-refractivity contribution in [2.24, 2.45) is 5.73 Å². The van der Waals surface area contributed by atoms with Gasteiger partial charge in [-0.05, 0) is 87.1 Å². The van der Waals surface area contributed by atoms with E-state index < -0.39 is 0 Å². The second-order valence-electron chi connectivity index (χ2n) is 9.48. The molecular formula is C27H36N6O. The Bertz CT molecular complexity index is 1310. The molecule has 1 fully saturated rings. The smallest absolute Gasteiger partial charge is 0.131 e. The molecule has 4 aromatic rings. The van der Waals surface area contributed by atoms with Crippen molar-refractivity contribution < 1.29 is 4.74 Å². The van der Waals surface area contributed by atoms with Crippen molar-refractivity contribution in [3.63, 3.8) is 0 Å². The average Bonchev–Trinajstić information content (AvgIpc) is 3.22. The number of ether oxygens (including phenoxy) is 1. The fourth-order valence-corrected chi connectivity index (χ4v) is 5.30. The van der Waals surface area contributed by atoms with Gasteiger partial charge < -0.3 is 31.0 Å². The van der Waals surface area contributed by atoms with Gasteiger partial charge in [0.2, 0.25) is 0 Å². The Morgan fingerprint density at radius 2 is 1.68 bits per heavy atom. The molecule has 7 nitrogen and oxygen atoms in total. The van der Waals surface area contributed by atoms with Crippen molar-refractivity contribution in [2.45, 2.75) is 26.2 Å². The number of aromatic nitrogens is 2. The zero-order valence-electron chi connectivity index (χ0n) is 20.4. The second-order valence-corrected chi connectivity index (χ2v) is 9.48. The summed E-state index contributed by atoms with van der Waals surface area (Å²) in [5, 5.41) is 4.50. The Morgan fingerprint density at radius 3 is 2.38 bits per heavy atom. The van der Waals surface area contributed by atoms with E-state index in [2.05, 4.69) is 46.0 Å². The number of H-pyrrole nitrogens is 1. The van der Waals surface area contributed by atoms with E-state index in [-0.39, 0.29) is 0 Å². The third kappa shape index (κ3) is 4.43.